The van der Waals surface area contributed by atoms with Gasteiger partial charge in [0, 0.05) is 5.88 Å². The molecule has 0 heterocycles. The van der Waals surface area contributed by atoms with E-state index in [1.165, 1.54) is 19.3 Å². The van der Waals surface area contributed by atoms with Crippen LogP contribution in [0.15, 0.2) is 12.7 Å². The van der Waals surface area contributed by atoms with Crippen molar-refractivity contribution < 1.29 is 0 Å². The average Bonchev–Trinajstić information content (AvgIpc) is 1.86. The molecule has 0 aromatic carbocycles. The minimum absolute atomic E-state index is 0. The van der Waals surface area contributed by atoms with E-state index in [-0.39, 0.29) is 17.0 Å². The van der Waals surface area contributed by atoms with Gasteiger partial charge < -0.3 is 0 Å². The fourth-order valence-corrected chi connectivity index (χ4v) is 0.533. The lowest BCUT2D eigenvalue weighted by molar-refractivity contribution is 0.776. The number of allylic oxidation sites excluding steroid dienone is 1. The van der Waals surface area contributed by atoms with Crippen LogP contribution in [-0.2, 0) is 0 Å². The highest BCUT2D eigenvalue weighted by Gasteiger charge is 1.76. The average molecular weight is 230 g/mol. The van der Waals surface area contributed by atoms with E-state index < -0.39 is 0 Å². The topological polar surface area (TPSA) is 0 Å². The predicted octanol–water partition coefficient (Wildman–Crippen LogP) is 4.19. The van der Waals surface area contributed by atoms with E-state index in [2.05, 4.69) is 13.5 Å². The molecule has 64 valence electrons. The molecule has 0 saturated heterocycles. The summed E-state index contributed by atoms with van der Waals surface area (Å²) in [5.41, 5.74) is 0. The molecule has 0 fully saturated rings. The largest absolute Gasteiger partial charge is 0.127 e. The van der Waals surface area contributed by atoms with Gasteiger partial charge in [0.15, 0.2) is 0 Å². The van der Waals surface area contributed by atoms with Gasteiger partial charge >= 0.3 is 0 Å². The van der Waals surface area contributed by atoms with E-state index in [4.69, 9.17) is 11.6 Å². The Bertz CT molecular complexity index is 42.5. The van der Waals surface area contributed by atoms with E-state index in [1.54, 1.807) is 6.08 Å². The highest BCUT2D eigenvalue weighted by molar-refractivity contribution is 8.93. The summed E-state index contributed by atoms with van der Waals surface area (Å²) in [4.78, 5) is 0. The van der Waals surface area contributed by atoms with Crippen LogP contribution in [0.3, 0.4) is 0 Å². The molecule has 0 aromatic rings. The van der Waals surface area contributed by atoms with Gasteiger partial charge in [-0.1, -0.05) is 25.8 Å². The first-order valence-electron chi connectivity index (χ1n) is 3.46. The molecule has 0 spiro atoms. The molecule has 0 unspecified atom stereocenters. The van der Waals surface area contributed by atoms with Crippen molar-refractivity contribution in [3.63, 3.8) is 0 Å². The van der Waals surface area contributed by atoms with Crippen LogP contribution >= 0.6 is 28.6 Å². The first-order chi connectivity index (χ1) is 4.33. The summed E-state index contributed by atoms with van der Waals surface area (Å²) < 4.78 is 0. The van der Waals surface area contributed by atoms with Crippen molar-refractivity contribution in [3.8, 4) is 0 Å². The first-order valence-corrected chi connectivity index (χ1v) is 3.99. The van der Waals surface area contributed by atoms with E-state index >= 15 is 0 Å². The molecule has 0 nitrogen and oxygen atoms in total. The fraction of sp³-hybridized carbons (Fsp3) is 0.750. The summed E-state index contributed by atoms with van der Waals surface area (Å²) in [5.74, 6) is 0.827. The van der Waals surface area contributed by atoms with Crippen LogP contribution in [0.4, 0.5) is 0 Å². The number of alkyl halides is 1. The van der Waals surface area contributed by atoms with Crippen molar-refractivity contribution >= 4 is 28.6 Å². The molecular weight excluding hydrogens is 211 g/mol. The Morgan fingerprint density at radius 1 is 1.40 bits per heavy atom. The van der Waals surface area contributed by atoms with Crippen molar-refractivity contribution in [2.45, 2.75) is 33.1 Å². The Hall–Kier alpha value is 0.510. The standard InChI is InChI=1S/C5H11Cl.C3H6.BrH/c1-2-3-4-5-6;1-3-2;/h2-5H2,1H3;3H,1H2,2H3;1H. The normalized spacial score (nSPS) is 6.70. The molecule has 10 heavy (non-hydrogen) atoms. The third-order valence-corrected chi connectivity index (χ3v) is 1.00. The minimum Gasteiger partial charge on any atom is -0.127 e. The van der Waals surface area contributed by atoms with E-state index in [0.717, 1.165) is 5.88 Å². The lowest BCUT2D eigenvalue weighted by Gasteiger charge is -1.84. The molecule has 0 rings (SSSR count). The fourth-order valence-electron chi connectivity index (χ4n) is 0.344. The van der Waals surface area contributed by atoms with Crippen LogP contribution in [0.1, 0.15) is 33.1 Å². The summed E-state index contributed by atoms with van der Waals surface area (Å²) in [6.07, 6.45) is 5.48. The van der Waals surface area contributed by atoms with Gasteiger partial charge in [-0.3, -0.25) is 0 Å². The highest BCUT2D eigenvalue weighted by atomic mass is 79.9. The molecule has 0 saturated carbocycles. The van der Waals surface area contributed by atoms with Gasteiger partial charge in [-0.05, 0) is 13.3 Å². The molecular formula is C8H18BrCl. The van der Waals surface area contributed by atoms with Crippen molar-refractivity contribution in [3.05, 3.63) is 12.7 Å². The number of hydrogen-bond acceptors (Lipinski definition) is 0. The zero-order chi connectivity index (χ0) is 7.54. The monoisotopic (exact) mass is 228 g/mol. The quantitative estimate of drug-likeness (QED) is 0.387. The SMILES string of the molecule is Br.C=CC.CCCCCCl. The van der Waals surface area contributed by atoms with Gasteiger partial charge in [-0.15, -0.1) is 35.2 Å². The Morgan fingerprint density at radius 3 is 1.90 bits per heavy atom. The first kappa shape index (κ1) is 16.9. The number of unbranched alkanes of at least 4 members (excludes halogenated alkanes) is 2. The number of halogens is 2. The zero-order valence-corrected chi connectivity index (χ0v) is 9.37. The summed E-state index contributed by atoms with van der Waals surface area (Å²) >= 11 is 5.38. The molecule has 0 aromatic heterocycles. The van der Waals surface area contributed by atoms with E-state index in [1.807, 2.05) is 6.92 Å². The number of hydrogen-bond donors (Lipinski definition) is 0. The lowest BCUT2D eigenvalue weighted by atomic mass is 10.3. The Morgan fingerprint density at radius 2 is 1.80 bits per heavy atom. The summed E-state index contributed by atoms with van der Waals surface area (Å²) in [6, 6.07) is 0. The van der Waals surface area contributed by atoms with Crippen molar-refractivity contribution in [2.24, 2.45) is 0 Å². The van der Waals surface area contributed by atoms with Gasteiger partial charge in [0.25, 0.3) is 0 Å². The van der Waals surface area contributed by atoms with Gasteiger partial charge in [-0.25, -0.2) is 0 Å². The second-order valence-corrected chi connectivity index (χ2v) is 2.18. The molecule has 0 amide bonds. The van der Waals surface area contributed by atoms with Crippen molar-refractivity contribution in [2.75, 3.05) is 5.88 Å². The number of rotatable bonds is 3. The highest BCUT2D eigenvalue weighted by Crippen LogP contribution is 1.93. The minimum atomic E-state index is 0. The smallest absolute Gasteiger partial charge is 0.0223 e. The third kappa shape index (κ3) is 39.0. The molecule has 0 N–H and O–H groups in total. The van der Waals surface area contributed by atoms with Crippen LogP contribution in [0.2, 0.25) is 0 Å². The molecule has 0 atom stereocenters. The maximum Gasteiger partial charge on any atom is 0.0223 e. The second-order valence-electron chi connectivity index (χ2n) is 1.80. The maximum absolute atomic E-state index is 5.38. The van der Waals surface area contributed by atoms with Crippen molar-refractivity contribution in [1.29, 1.82) is 0 Å². The summed E-state index contributed by atoms with van der Waals surface area (Å²) in [7, 11) is 0. The van der Waals surface area contributed by atoms with Crippen LogP contribution in [-0.4, -0.2) is 5.88 Å². The molecule has 0 bridgehead atoms. The van der Waals surface area contributed by atoms with Crippen LogP contribution in [0.5, 0.6) is 0 Å². The van der Waals surface area contributed by atoms with Crippen LogP contribution in [0, 0.1) is 0 Å². The molecule has 0 aliphatic heterocycles. The third-order valence-electron chi connectivity index (χ3n) is 0.737. The Kier molecular flexibility index (Phi) is 38.2. The Labute approximate surface area is 80.4 Å². The van der Waals surface area contributed by atoms with Crippen molar-refractivity contribution in [1.82, 2.24) is 0 Å². The van der Waals surface area contributed by atoms with E-state index in [9.17, 15) is 0 Å². The summed E-state index contributed by atoms with van der Waals surface area (Å²) in [6.45, 7) is 7.42. The van der Waals surface area contributed by atoms with Crippen LogP contribution < -0.4 is 0 Å². The molecule has 2 heteroatoms. The lowest BCUT2D eigenvalue weighted by Crippen LogP contribution is -1.70. The zero-order valence-electron chi connectivity index (χ0n) is 6.90. The Balaban J connectivity index is -0.000000107. The van der Waals surface area contributed by atoms with Gasteiger partial charge in [0.2, 0.25) is 0 Å². The molecule has 0 aliphatic rings. The molecule has 0 aliphatic carbocycles. The van der Waals surface area contributed by atoms with Gasteiger partial charge in [0.1, 0.15) is 0 Å². The predicted molar refractivity (Wildman–Crippen MR) is 56.4 cm³/mol. The second kappa shape index (κ2) is 22.7. The van der Waals surface area contributed by atoms with Gasteiger partial charge in [-0.2, -0.15) is 0 Å². The van der Waals surface area contributed by atoms with Gasteiger partial charge in [0.05, 0.1) is 0 Å². The summed E-state index contributed by atoms with van der Waals surface area (Å²) in [5, 5.41) is 0. The maximum atomic E-state index is 5.38. The van der Waals surface area contributed by atoms with Crippen LogP contribution in [0.25, 0.3) is 0 Å². The molecule has 0 radical (unpaired) electrons. The van der Waals surface area contributed by atoms with E-state index in [0.29, 0.717) is 0 Å².